The zero-order valence-electron chi connectivity index (χ0n) is 9.24. The van der Waals surface area contributed by atoms with Gasteiger partial charge < -0.3 is 0 Å². The van der Waals surface area contributed by atoms with Gasteiger partial charge in [-0.3, -0.25) is 4.79 Å². The van der Waals surface area contributed by atoms with Crippen LogP contribution in [0, 0.1) is 0 Å². The standard InChI is InChI=1S/C9H11F7OS/c1-5(17)18-4-2-3-6(10)8(12,13)7(11)9(14,15)16/h6-7H,2-4H2,1H3. The van der Waals surface area contributed by atoms with Crippen molar-refractivity contribution in [2.75, 3.05) is 5.75 Å². The number of alkyl halides is 7. The third-order valence-electron chi connectivity index (χ3n) is 1.95. The molecule has 0 fully saturated rings. The largest absolute Gasteiger partial charge is 0.425 e. The topological polar surface area (TPSA) is 17.1 Å². The average Bonchev–Trinajstić information content (AvgIpc) is 2.21. The fourth-order valence-electron chi connectivity index (χ4n) is 1.05. The summed E-state index contributed by atoms with van der Waals surface area (Å²) in [4.78, 5) is 10.4. The highest BCUT2D eigenvalue weighted by Crippen LogP contribution is 2.39. The molecule has 0 saturated heterocycles. The van der Waals surface area contributed by atoms with Crippen molar-refractivity contribution in [3.05, 3.63) is 0 Å². The van der Waals surface area contributed by atoms with Gasteiger partial charge in [-0.05, 0) is 12.8 Å². The van der Waals surface area contributed by atoms with Crippen LogP contribution >= 0.6 is 11.8 Å². The molecule has 0 aliphatic rings. The lowest BCUT2D eigenvalue weighted by Gasteiger charge is -2.25. The number of thioether (sulfide) groups is 1. The minimum atomic E-state index is -5.80. The molecule has 0 heterocycles. The van der Waals surface area contributed by atoms with Gasteiger partial charge in [-0.1, -0.05) is 11.8 Å². The number of halogens is 7. The molecule has 18 heavy (non-hydrogen) atoms. The average molecular weight is 300 g/mol. The molecule has 0 radical (unpaired) electrons. The van der Waals surface area contributed by atoms with Gasteiger partial charge in [-0.15, -0.1) is 0 Å². The molecule has 0 amide bonds. The zero-order valence-corrected chi connectivity index (χ0v) is 10.1. The molecule has 0 N–H and O–H groups in total. The highest BCUT2D eigenvalue weighted by Gasteiger charge is 2.60. The first-order valence-corrected chi connectivity index (χ1v) is 5.84. The van der Waals surface area contributed by atoms with E-state index in [-0.39, 0.29) is 17.3 Å². The third kappa shape index (κ3) is 5.45. The van der Waals surface area contributed by atoms with Gasteiger partial charge in [-0.2, -0.15) is 22.0 Å². The maximum absolute atomic E-state index is 12.9. The maximum atomic E-state index is 12.9. The minimum Gasteiger partial charge on any atom is -0.288 e. The molecule has 0 rings (SSSR count). The van der Waals surface area contributed by atoms with Crippen LogP contribution in [0.25, 0.3) is 0 Å². The van der Waals surface area contributed by atoms with Crippen molar-refractivity contribution in [2.45, 2.75) is 44.2 Å². The Bertz CT molecular complexity index is 279. The van der Waals surface area contributed by atoms with E-state index in [0.29, 0.717) is 0 Å². The Morgan fingerprint density at radius 3 is 2.06 bits per heavy atom. The third-order valence-corrected chi connectivity index (χ3v) is 2.85. The molecule has 108 valence electrons. The van der Waals surface area contributed by atoms with Gasteiger partial charge in [-0.25, -0.2) is 8.78 Å². The summed E-state index contributed by atoms with van der Waals surface area (Å²) in [5.74, 6) is -5.12. The molecule has 1 nitrogen and oxygen atoms in total. The Balaban J connectivity index is 4.30. The van der Waals surface area contributed by atoms with Crippen LogP contribution in [0.3, 0.4) is 0 Å². The summed E-state index contributed by atoms with van der Waals surface area (Å²) >= 11 is 0.731. The van der Waals surface area contributed by atoms with Crippen LogP contribution in [0.1, 0.15) is 19.8 Å². The van der Waals surface area contributed by atoms with E-state index in [1.165, 1.54) is 6.92 Å². The predicted octanol–water partition coefficient (Wildman–Crippen LogP) is 3.92. The molecule has 2 atom stereocenters. The van der Waals surface area contributed by atoms with Crippen LogP contribution in [0.15, 0.2) is 0 Å². The van der Waals surface area contributed by atoms with Crippen LogP contribution in [-0.4, -0.2) is 35.3 Å². The Labute approximate surface area is 103 Å². The number of rotatable bonds is 6. The first kappa shape index (κ1) is 17.5. The molecule has 0 saturated carbocycles. The summed E-state index contributed by atoms with van der Waals surface area (Å²) in [6.45, 7) is 1.20. The summed E-state index contributed by atoms with van der Waals surface area (Å²) in [6, 6.07) is 0. The summed E-state index contributed by atoms with van der Waals surface area (Å²) in [5, 5.41) is -0.323. The van der Waals surface area contributed by atoms with Crippen molar-refractivity contribution >= 4 is 16.9 Å². The summed E-state index contributed by atoms with van der Waals surface area (Å²) in [5.41, 5.74) is 0. The Kier molecular flexibility index (Phi) is 6.45. The van der Waals surface area contributed by atoms with Crippen molar-refractivity contribution in [1.82, 2.24) is 0 Å². The number of carbonyl (C=O) groups excluding carboxylic acids is 1. The van der Waals surface area contributed by atoms with Crippen molar-refractivity contribution in [2.24, 2.45) is 0 Å². The molecule has 0 spiro atoms. The highest BCUT2D eigenvalue weighted by molar-refractivity contribution is 8.13. The fourth-order valence-corrected chi connectivity index (χ4v) is 1.65. The lowest BCUT2D eigenvalue weighted by molar-refractivity contribution is -0.259. The van der Waals surface area contributed by atoms with Gasteiger partial charge in [0, 0.05) is 12.7 Å². The normalized spacial score (nSPS) is 16.4. The summed E-state index contributed by atoms with van der Waals surface area (Å²) < 4.78 is 86.0. The number of carbonyl (C=O) groups is 1. The van der Waals surface area contributed by atoms with Gasteiger partial charge in [0.15, 0.2) is 11.3 Å². The lowest BCUT2D eigenvalue weighted by Crippen LogP contribution is -2.47. The Morgan fingerprint density at radius 1 is 1.17 bits per heavy atom. The van der Waals surface area contributed by atoms with Crippen LogP contribution in [0.5, 0.6) is 0 Å². The molecule has 0 aliphatic heterocycles. The van der Waals surface area contributed by atoms with Crippen LogP contribution < -0.4 is 0 Å². The molecule has 0 aromatic heterocycles. The number of hydrogen-bond donors (Lipinski definition) is 0. The summed E-state index contributed by atoms with van der Waals surface area (Å²) in [7, 11) is 0. The van der Waals surface area contributed by atoms with E-state index < -0.39 is 30.9 Å². The molecule has 2 unspecified atom stereocenters. The molecular formula is C9H11F7OS. The first-order valence-electron chi connectivity index (χ1n) is 4.85. The van der Waals surface area contributed by atoms with E-state index in [0.717, 1.165) is 11.8 Å². The van der Waals surface area contributed by atoms with Gasteiger partial charge in [0.2, 0.25) is 0 Å². The van der Waals surface area contributed by atoms with Crippen LogP contribution in [-0.2, 0) is 4.79 Å². The second-order valence-electron chi connectivity index (χ2n) is 3.53. The van der Waals surface area contributed by atoms with Crippen molar-refractivity contribution in [3.63, 3.8) is 0 Å². The molecule has 0 aromatic rings. The summed E-state index contributed by atoms with van der Waals surface area (Å²) in [6.07, 6.45) is -14.8. The smallest absolute Gasteiger partial charge is 0.288 e. The van der Waals surface area contributed by atoms with Gasteiger partial charge in [0.1, 0.15) is 0 Å². The second kappa shape index (κ2) is 6.63. The van der Waals surface area contributed by atoms with E-state index in [4.69, 9.17) is 0 Å². The lowest BCUT2D eigenvalue weighted by atomic mass is 10.0. The number of hydrogen-bond acceptors (Lipinski definition) is 2. The van der Waals surface area contributed by atoms with Crippen LogP contribution in [0.2, 0.25) is 0 Å². The van der Waals surface area contributed by atoms with Gasteiger partial charge >= 0.3 is 12.1 Å². The highest BCUT2D eigenvalue weighted by atomic mass is 32.2. The Morgan fingerprint density at radius 2 is 1.67 bits per heavy atom. The molecular weight excluding hydrogens is 289 g/mol. The van der Waals surface area contributed by atoms with E-state index in [1.807, 2.05) is 0 Å². The SMILES string of the molecule is CC(=O)SCCCC(F)C(F)(F)C(F)C(F)(F)F. The Hall–Kier alpha value is -0.470. The van der Waals surface area contributed by atoms with Crippen molar-refractivity contribution in [3.8, 4) is 0 Å². The van der Waals surface area contributed by atoms with E-state index in [9.17, 15) is 35.5 Å². The quantitative estimate of drug-likeness (QED) is 0.546. The van der Waals surface area contributed by atoms with Crippen molar-refractivity contribution < 1.29 is 35.5 Å². The zero-order chi connectivity index (χ0) is 14.6. The predicted molar refractivity (Wildman–Crippen MR) is 53.2 cm³/mol. The molecule has 0 aromatic carbocycles. The van der Waals surface area contributed by atoms with Crippen molar-refractivity contribution in [1.29, 1.82) is 0 Å². The molecule has 9 heteroatoms. The van der Waals surface area contributed by atoms with E-state index in [2.05, 4.69) is 0 Å². The molecule has 0 aliphatic carbocycles. The first-order chi connectivity index (χ1) is 7.99. The van der Waals surface area contributed by atoms with Gasteiger partial charge in [0.05, 0.1) is 0 Å². The van der Waals surface area contributed by atoms with Gasteiger partial charge in [0.25, 0.3) is 6.17 Å². The fraction of sp³-hybridized carbons (Fsp3) is 0.889. The minimum absolute atomic E-state index is 0.00516. The van der Waals surface area contributed by atoms with E-state index >= 15 is 0 Å². The monoisotopic (exact) mass is 300 g/mol. The van der Waals surface area contributed by atoms with Crippen LogP contribution in [0.4, 0.5) is 30.7 Å². The van der Waals surface area contributed by atoms with E-state index in [1.54, 1.807) is 0 Å². The maximum Gasteiger partial charge on any atom is 0.425 e. The second-order valence-corrected chi connectivity index (χ2v) is 4.80. The molecule has 0 bridgehead atoms.